The number of aliphatic hydroxyl groups excluding tert-OH is 1. The van der Waals surface area contributed by atoms with E-state index in [1.54, 1.807) is 12.1 Å². The first-order valence-electron chi connectivity index (χ1n) is 8.12. The highest BCUT2D eigenvalue weighted by molar-refractivity contribution is 6.30. The van der Waals surface area contributed by atoms with Crippen molar-refractivity contribution in [1.29, 1.82) is 0 Å². The quantitative estimate of drug-likeness (QED) is 0.621. The normalized spacial score (nSPS) is 12.4. The van der Waals surface area contributed by atoms with Crippen LogP contribution in [0.4, 0.5) is 13.2 Å². The summed E-state index contributed by atoms with van der Waals surface area (Å²) in [5.41, 5.74) is 0.645. The summed E-state index contributed by atoms with van der Waals surface area (Å²) in [5, 5.41) is 20.1. The minimum atomic E-state index is -4.80. The molecule has 3 rings (SSSR count). The third kappa shape index (κ3) is 5.46. The van der Waals surface area contributed by atoms with E-state index in [1.165, 1.54) is 24.3 Å². The Balaban J connectivity index is 1.71. The molecule has 11 heteroatoms. The molecule has 0 bridgehead atoms. The van der Waals surface area contributed by atoms with Gasteiger partial charge in [-0.25, -0.2) is 0 Å². The molecular formula is C18H13ClF3N3O4. The fourth-order valence-electron chi connectivity index (χ4n) is 2.32. The number of nitrogens with one attached hydrogen (secondary N) is 1. The Hall–Kier alpha value is -3.11. The Kier molecular flexibility index (Phi) is 6.04. The molecule has 0 radical (unpaired) electrons. The minimum absolute atomic E-state index is 0.00208. The maximum absolute atomic E-state index is 12.3. The van der Waals surface area contributed by atoms with E-state index < -0.39 is 30.7 Å². The predicted octanol–water partition coefficient (Wildman–Crippen LogP) is 3.75. The van der Waals surface area contributed by atoms with E-state index in [0.717, 1.165) is 12.1 Å². The van der Waals surface area contributed by atoms with E-state index >= 15 is 0 Å². The Morgan fingerprint density at radius 1 is 1.14 bits per heavy atom. The van der Waals surface area contributed by atoms with Gasteiger partial charge in [0.1, 0.15) is 11.8 Å². The van der Waals surface area contributed by atoms with Crippen LogP contribution < -0.4 is 10.1 Å². The van der Waals surface area contributed by atoms with Crippen molar-refractivity contribution in [3.05, 3.63) is 65.0 Å². The number of aromatic nitrogens is 2. The molecule has 1 heterocycles. The lowest BCUT2D eigenvalue weighted by Crippen LogP contribution is -2.31. The van der Waals surface area contributed by atoms with Crippen LogP contribution in [0, 0.1) is 0 Å². The van der Waals surface area contributed by atoms with E-state index in [-0.39, 0.29) is 11.8 Å². The zero-order chi connectivity index (χ0) is 21.0. The number of carbonyl (C=O) groups excluding carboxylic acids is 1. The van der Waals surface area contributed by atoms with Gasteiger partial charge in [-0.15, -0.1) is 23.4 Å². The molecule has 2 N–H and O–H groups in total. The highest BCUT2D eigenvalue weighted by Gasteiger charge is 2.31. The van der Waals surface area contributed by atoms with E-state index in [0.29, 0.717) is 16.1 Å². The number of amides is 1. The zero-order valence-electron chi connectivity index (χ0n) is 14.5. The second-order valence-corrected chi connectivity index (χ2v) is 6.17. The van der Waals surface area contributed by atoms with E-state index in [2.05, 4.69) is 20.3 Å². The van der Waals surface area contributed by atoms with Crippen molar-refractivity contribution in [2.24, 2.45) is 0 Å². The molecule has 0 saturated heterocycles. The lowest BCUT2D eigenvalue weighted by Gasteiger charge is -2.12. The molecule has 1 unspecified atom stereocenters. The maximum Gasteiger partial charge on any atom is 0.573 e. The van der Waals surface area contributed by atoms with Gasteiger partial charge in [-0.3, -0.25) is 4.79 Å². The zero-order valence-corrected chi connectivity index (χ0v) is 15.2. The number of alkyl halides is 3. The van der Waals surface area contributed by atoms with E-state index in [9.17, 15) is 23.1 Å². The van der Waals surface area contributed by atoms with Crippen LogP contribution in [0.3, 0.4) is 0 Å². The Bertz CT molecular complexity index is 975. The van der Waals surface area contributed by atoms with Crippen molar-refractivity contribution in [3.8, 4) is 17.2 Å². The molecule has 0 saturated carbocycles. The molecule has 0 spiro atoms. The number of carbonyl (C=O) groups is 1. The van der Waals surface area contributed by atoms with Crippen LogP contribution in [0.2, 0.25) is 5.02 Å². The van der Waals surface area contributed by atoms with Crippen molar-refractivity contribution in [2.75, 3.05) is 6.61 Å². The third-order valence-corrected chi connectivity index (χ3v) is 3.92. The van der Waals surface area contributed by atoms with Gasteiger partial charge < -0.3 is 19.6 Å². The second-order valence-electron chi connectivity index (χ2n) is 5.73. The van der Waals surface area contributed by atoms with Gasteiger partial charge in [0.2, 0.25) is 11.8 Å². The van der Waals surface area contributed by atoms with Gasteiger partial charge in [-0.05, 0) is 48.5 Å². The van der Waals surface area contributed by atoms with Crippen molar-refractivity contribution in [3.63, 3.8) is 0 Å². The van der Waals surface area contributed by atoms with Crippen LogP contribution in [0.15, 0.2) is 52.9 Å². The summed E-state index contributed by atoms with van der Waals surface area (Å²) >= 11 is 5.78. The van der Waals surface area contributed by atoms with Gasteiger partial charge in [-0.1, -0.05) is 11.6 Å². The summed E-state index contributed by atoms with van der Waals surface area (Å²) in [6.45, 7) is -0.515. The Morgan fingerprint density at radius 3 is 2.38 bits per heavy atom. The molecule has 7 nitrogen and oxygen atoms in total. The van der Waals surface area contributed by atoms with Crippen molar-refractivity contribution in [2.45, 2.75) is 12.4 Å². The van der Waals surface area contributed by atoms with Crippen LogP contribution in [0.1, 0.15) is 22.3 Å². The minimum Gasteiger partial charge on any atom is -0.418 e. The monoisotopic (exact) mass is 427 g/mol. The summed E-state index contributed by atoms with van der Waals surface area (Å²) in [6, 6.07) is 9.93. The number of hydrogen-bond donors (Lipinski definition) is 2. The summed E-state index contributed by atoms with van der Waals surface area (Å²) in [7, 11) is 0. The van der Waals surface area contributed by atoms with Crippen LogP contribution in [0.25, 0.3) is 11.5 Å². The molecule has 29 heavy (non-hydrogen) atoms. The molecule has 3 aromatic rings. The summed E-state index contributed by atoms with van der Waals surface area (Å²) in [6.07, 6.45) is -4.80. The number of hydrogen-bond acceptors (Lipinski definition) is 6. The molecule has 0 aliphatic heterocycles. The molecule has 1 atom stereocenters. The predicted molar refractivity (Wildman–Crippen MR) is 95.2 cm³/mol. The van der Waals surface area contributed by atoms with Crippen molar-refractivity contribution >= 4 is 17.5 Å². The highest BCUT2D eigenvalue weighted by atomic mass is 35.5. The fourth-order valence-corrected chi connectivity index (χ4v) is 2.45. The van der Waals surface area contributed by atoms with Gasteiger partial charge in [-0.2, -0.15) is 0 Å². The molecule has 2 aromatic carbocycles. The highest BCUT2D eigenvalue weighted by Crippen LogP contribution is 2.26. The molecular weight excluding hydrogens is 415 g/mol. The number of benzene rings is 2. The SMILES string of the molecule is O=C(NC(CO)c1nnc(-c2ccc(OC(F)(F)F)cc2)o1)c1ccc(Cl)cc1. The van der Waals surface area contributed by atoms with Crippen LogP contribution in [0.5, 0.6) is 5.75 Å². The standard InChI is InChI=1S/C18H13ClF3N3O4/c19-12-5-1-10(2-6-12)15(27)23-14(9-26)17-25-24-16(28-17)11-3-7-13(8-4-11)29-18(20,21)22/h1-8,14,26H,9H2,(H,23,27). The first-order chi connectivity index (χ1) is 13.7. The second kappa shape index (κ2) is 8.50. The molecule has 0 fully saturated rings. The van der Waals surface area contributed by atoms with Crippen LogP contribution >= 0.6 is 11.6 Å². The number of ether oxygens (including phenoxy) is 1. The average molecular weight is 428 g/mol. The van der Waals surface area contributed by atoms with Gasteiger partial charge in [0.15, 0.2) is 0 Å². The lowest BCUT2D eigenvalue weighted by atomic mass is 10.2. The number of halogens is 4. The van der Waals surface area contributed by atoms with Gasteiger partial charge in [0.05, 0.1) is 6.61 Å². The third-order valence-electron chi connectivity index (χ3n) is 3.67. The Morgan fingerprint density at radius 2 is 1.79 bits per heavy atom. The van der Waals surface area contributed by atoms with Crippen LogP contribution in [-0.4, -0.2) is 34.2 Å². The van der Waals surface area contributed by atoms with E-state index in [4.69, 9.17) is 16.0 Å². The van der Waals surface area contributed by atoms with Gasteiger partial charge in [0.25, 0.3) is 5.91 Å². The summed E-state index contributed by atoms with van der Waals surface area (Å²) < 4.78 is 45.9. The molecule has 152 valence electrons. The maximum atomic E-state index is 12.3. The molecule has 0 aliphatic rings. The largest absolute Gasteiger partial charge is 0.573 e. The lowest BCUT2D eigenvalue weighted by molar-refractivity contribution is -0.274. The number of nitrogens with zero attached hydrogens (tertiary/aromatic N) is 2. The topological polar surface area (TPSA) is 97.5 Å². The molecule has 0 aliphatic carbocycles. The first kappa shape index (κ1) is 20.6. The summed E-state index contributed by atoms with van der Waals surface area (Å²) in [4.78, 5) is 12.3. The van der Waals surface area contributed by atoms with E-state index in [1.807, 2.05) is 0 Å². The fraction of sp³-hybridized carbons (Fsp3) is 0.167. The summed E-state index contributed by atoms with van der Waals surface area (Å²) in [5.74, 6) is -0.961. The first-order valence-corrected chi connectivity index (χ1v) is 8.50. The van der Waals surface area contributed by atoms with Gasteiger partial charge >= 0.3 is 6.36 Å². The molecule has 1 aromatic heterocycles. The smallest absolute Gasteiger partial charge is 0.418 e. The average Bonchev–Trinajstić information content (AvgIpc) is 3.15. The molecule has 1 amide bonds. The van der Waals surface area contributed by atoms with Gasteiger partial charge in [0, 0.05) is 16.1 Å². The van der Waals surface area contributed by atoms with Crippen molar-refractivity contribution < 1.29 is 32.2 Å². The van der Waals surface area contributed by atoms with Crippen LogP contribution in [-0.2, 0) is 0 Å². The number of aliphatic hydroxyl groups is 1. The number of rotatable bonds is 6. The van der Waals surface area contributed by atoms with Crippen molar-refractivity contribution in [1.82, 2.24) is 15.5 Å². The Labute approximate surface area is 167 Å².